The van der Waals surface area contributed by atoms with Crippen molar-refractivity contribution in [3.8, 4) is 18.9 Å². The van der Waals surface area contributed by atoms with E-state index >= 15 is 0 Å². The van der Waals surface area contributed by atoms with Crippen molar-refractivity contribution in [2.45, 2.75) is 69.9 Å². The minimum absolute atomic E-state index is 0.0216. The molecular weight excluding hydrogens is 545 g/mol. The lowest BCUT2D eigenvalue weighted by Crippen LogP contribution is -2.29. The molecule has 5 rings (SSSR count). The molecule has 0 aliphatic heterocycles. The molecule has 0 spiro atoms. The summed E-state index contributed by atoms with van der Waals surface area (Å²) in [6.45, 7) is 6.66. The summed E-state index contributed by atoms with van der Waals surface area (Å²) in [6, 6.07) is 15.4. The molecule has 1 fully saturated rings. The molecular formula is C33H34FN7S. The van der Waals surface area contributed by atoms with Gasteiger partial charge in [0, 0.05) is 35.4 Å². The molecule has 1 aliphatic rings. The van der Waals surface area contributed by atoms with Gasteiger partial charge in [0.15, 0.2) is 0 Å². The van der Waals surface area contributed by atoms with Crippen molar-refractivity contribution in [1.29, 1.82) is 5.26 Å². The Kier molecular flexibility index (Phi) is 10.1. The average molecular weight is 580 g/mol. The number of hydrogen-bond donors (Lipinski definition) is 0. The van der Waals surface area contributed by atoms with Gasteiger partial charge in [0.1, 0.15) is 11.6 Å². The molecule has 7 nitrogen and oxygen atoms in total. The van der Waals surface area contributed by atoms with Crippen LogP contribution in [0.2, 0.25) is 0 Å². The third-order valence-corrected chi connectivity index (χ3v) is 8.44. The second-order valence-electron chi connectivity index (χ2n) is 10.1. The molecule has 0 atom stereocenters. The fourth-order valence-electron chi connectivity index (χ4n) is 4.62. The molecule has 0 amide bonds. The molecule has 214 valence electrons. The van der Waals surface area contributed by atoms with Crippen molar-refractivity contribution in [2.75, 3.05) is 9.21 Å². The molecule has 0 saturated heterocycles. The Balaban J connectivity index is 0.00000198. The first-order valence-corrected chi connectivity index (χ1v) is 14.7. The fourth-order valence-corrected chi connectivity index (χ4v) is 5.64. The number of aromatic nitrogens is 4. The zero-order chi connectivity index (χ0) is 30.1. The summed E-state index contributed by atoms with van der Waals surface area (Å²) in [5.41, 5.74) is 3.94. The third-order valence-electron chi connectivity index (χ3n) is 7.21. The molecule has 0 radical (unpaired) electrons. The largest absolute Gasteiger partial charge is 0.320 e. The molecule has 3 aromatic heterocycles. The number of pyridine rings is 2. The summed E-state index contributed by atoms with van der Waals surface area (Å²) in [5.74, 6) is 1.19. The lowest BCUT2D eigenvalue weighted by Gasteiger charge is -2.29. The van der Waals surface area contributed by atoms with Crippen LogP contribution in [0.5, 0.6) is 0 Å². The SMILES string of the molecule is C#C.CCc1cc(N(Cc2ccc(SN(c3ncccn3)C3(C)CC3)cn2)c2ncccc2CC)c(CC#N)cc1F. The highest BCUT2D eigenvalue weighted by Gasteiger charge is 2.45. The fraction of sp³-hybridized carbons (Fsp3) is 0.303. The van der Waals surface area contributed by atoms with Crippen LogP contribution in [-0.4, -0.2) is 25.5 Å². The number of nitriles is 1. The third kappa shape index (κ3) is 6.87. The second kappa shape index (κ2) is 13.9. The van der Waals surface area contributed by atoms with Gasteiger partial charge in [-0.2, -0.15) is 5.26 Å². The van der Waals surface area contributed by atoms with Gasteiger partial charge in [0.2, 0.25) is 5.95 Å². The highest BCUT2D eigenvalue weighted by atomic mass is 32.2. The first-order chi connectivity index (χ1) is 20.5. The van der Waals surface area contributed by atoms with E-state index in [-0.39, 0.29) is 17.8 Å². The standard InChI is InChI=1S/C31H32FN7S.C2H2/c1-4-22-8-6-15-34-29(22)38(28-19-23(5-2)27(32)18-24(28)11-14-33)21-25-9-10-26(20-37-25)40-39(31(3)12-13-31)30-35-16-7-17-36-30;1-2/h6-10,15-20H,4-5,11-13,21H2,1-3H3;1-2H. The quantitative estimate of drug-likeness (QED) is 0.136. The van der Waals surface area contributed by atoms with Gasteiger partial charge < -0.3 is 4.90 Å². The predicted octanol–water partition coefficient (Wildman–Crippen LogP) is 7.25. The number of aryl methyl sites for hydroxylation is 2. The van der Waals surface area contributed by atoms with E-state index in [1.54, 1.807) is 30.5 Å². The van der Waals surface area contributed by atoms with E-state index < -0.39 is 0 Å². The summed E-state index contributed by atoms with van der Waals surface area (Å²) in [5, 5.41) is 9.52. The number of terminal acetylenes is 1. The molecule has 4 aromatic rings. The van der Waals surface area contributed by atoms with Crippen LogP contribution in [0.25, 0.3) is 0 Å². The van der Waals surface area contributed by atoms with Crippen LogP contribution in [-0.2, 0) is 25.8 Å². The summed E-state index contributed by atoms with van der Waals surface area (Å²) in [7, 11) is 0. The summed E-state index contributed by atoms with van der Waals surface area (Å²) in [6.07, 6.45) is 18.8. The Bertz CT molecular complexity index is 1550. The minimum atomic E-state index is -0.288. The van der Waals surface area contributed by atoms with Gasteiger partial charge in [0.05, 0.1) is 30.3 Å². The molecule has 1 saturated carbocycles. The predicted molar refractivity (Wildman–Crippen MR) is 167 cm³/mol. The number of anilines is 3. The molecule has 42 heavy (non-hydrogen) atoms. The van der Waals surface area contributed by atoms with Crippen molar-refractivity contribution >= 4 is 29.4 Å². The zero-order valence-electron chi connectivity index (χ0n) is 24.2. The Morgan fingerprint density at radius 3 is 2.29 bits per heavy atom. The van der Waals surface area contributed by atoms with Gasteiger partial charge in [0.25, 0.3) is 0 Å². The van der Waals surface area contributed by atoms with Crippen LogP contribution in [0.3, 0.4) is 0 Å². The van der Waals surface area contributed by atoms with E-state index in [4.69, 9.17) is 9.97 Å². The van der Waals surface area contributed by atoms with Gasteiger partial charge >= 0.3 is 0 Å². The minimum Gasteiger partial charge on any atom is -0.320 e. The number of benzene rings is 1. The first-order valence-electron chi connectivity index (χ1n) is 13.9. The van der Waals surface area contributed by atoms with Crippen LogP contribution in [0, 0.1) is 30.0 Å². The molecule has 0 unspecified atom stereocenters. The van der Waals surface area contributed by atoms with Crippen LogP contribution < -0.4 is 9.21 Å². The van der Waals surface area contributed by atoms with Gasteiger partial charge in [-0.15, -0.1) is 12.8 Å². The van der Waals surface area contributed by atoms with Crippen LogP contribution in [0.15, 0.2) is 72.1 Å². The van der Waals surface area contributed by atoms with Crippen molar-refractivity contribution in [3.05, 3.63) is 95.5 Å². The van der Waals surface area contributed by atoms with Crippen LogP contribution in [0.4, 0.5) is 21.8 Å². The Hall–Kier alpha value is -4.47. The maximum atomic E-state index is 14.8. The average Bonchev–Trinajstić information content (AvgIpc) is 3.79. The van der Waals surface area contributed by atoms with E-state index in [2.05, 4.69) is 64.1 Å². The van der Waals surface area contributed by atoms with Gasteiger partial charge in [-0.25, -0.2) is 19.3 Å². The van der Waals surface area contributed by atoms with E-state index in [1.165, 1.54) is 6.07 Å². The highest BCUT2D eigenvalue weighted by Crippen LogP contribution is 2.47. The second-order valence-corrected chi connectivity index (χ2v) is 11.1. The van der Waals surface area contributed by atoms with E-state index in [1.807, 2.05) is 37.4 Å². The molecule has 1 aromatic carbocycles. The monoisotopic (exact) mass is 579 g/mol. The molecule has 9 heteroatoms. The smallest absolute Gasteiger partial charge is 0.236 e. The summed E-state index contributed by atoms with van der Waals surface area (Å²) < 4.78 is 17.0. The van der Waals surface area contributed by atoms with Crippen LogP contribution in [0.1, 0.15) is 56.0 Å². The Morgan fingerprint density at radius 2 is 1.67 bits per heavy atom. The number of nitrogens with zero attached hydrogens (tertiary/aromatic N) is 7. The first kappa shape index (κ1) is 30.5. The topological polar surface area (TPSA) is 81.8 Å². The lowest BCUT2D eigenvalue weighted by molar-refractivity contribution is 0.610. The normalized spacial score (nSPS) is 12.9. The highest BCUT2D eigenvalue weighted by molar-refractivity contribution is 8.00. The molecule has 3 heterocycles. The van der Waals surface area contributed by atoms with E-state index in [0.29, 0.717) is 30.0 Å². The van der Waals surface area contributed by atoms with Gasteiger partial charge in [-0.3, -0.25) is 9.29 Å². The lowest BCUT2D eigenvalue weighted by atomic mass is 10.0. The van der Waals surface area contributed by atoms with Gasteiger partial charge in [-0.05, 0) is 97.6 Å². The van der Waals surface area contributed by atoms with Crippen LogP contribution >= 0.6 is 11.9 Å². The maximum Gasteiger partial charge on any atom is 0.236 e. The molecule has 0 N–H and O–H groups in total. The van der Waals surface area contributed by atoms with Crippen molar-refractivity contribution in [3.63, 3.8) is 0 Å². The number of rotatable bonds is 11. The van der Waals surface area contributed by atoms with E-state index in [9.17, 15) is 9.65 Å². The van der Waals surface area contributed by atoms with Crippen molar-refractivity contribution < 1.29 is 4.39 Å². The summed E-state index contributed by atoms with van der Waals surface area (Å²) in [4.78, 5) is 21.5. The number of hydrogen-bond acceptors (Lipinski definition) is 8. The Labute approximate surface area is 252 Å². The summed E-state index contributed by atoms with van der Waals surface area (Å²) >= 11 is 1.60. The molecule has 0 bridgehead atoms. The maximum absolute atomic E-state index is 14.8. The number of halogens is 1. The zero-order valence-corrected chi connectivity index (χ0v) is 25.0. The van der Waals surface area contributed by atoms with Crippen molar-refractivity contribution in [1.82, 2.24) is 19.9 Å². The van der Waals surface area contributed by atoms with Gasteiger partial charge in [-0.1, -0.05) is 19.9 Å². The van der Waals surface area contributed by atoms with E-state index in [0.717, 1.165) is 46.9 Å². The van der Waals surface area contributed by atoms with Crippen molar-refractivity contribution in [2.24, 2.45) is 0 Å². The molecule has 1 aliphatic carbocycles. The Morgan fingerprint density at radius 1 is 0.952 bits per heavy atom.